The van der Waals surface area contributed by atoms with Crippen LogP contribution in [0.4, 0.5) is 0 Å². The van der Waals surface area contributed by atoms with Crippen molar-refractivity contribution >= 4 is 35.1 Å². The van der Waals surface area contributed by atoms with E-state index in [-0.39, 0.29) is 0 Å². The summed E-state index contributed by atoms with van der Waals surface area (Å²) in [7, 11) is 0. The monoisotopic (exact) mass is 405 g/mol. The maximum absolute atomic E-state index is 6.43. The summed E-state index contributed by atoms with van der Waals surface area (Å²) in [6.45, 7) is 7.56. The molecule has 27 heavy (non-hydrogen) atoms. The van der Waals surface area contributed by atoms with Gasteiger partial charge in [0.05, 0.1) is 17.8 Å². The molecule has 0 aliphatic carbocycles. The number of rotatable bonds is 8. The average molecular weight is 406 g/mol. The molecule has 2 aromatic carbocycles. The predicted octanol–water partition coefficient (Wildman–Crippen LogP) is 4.44. The summed E-state index contributed by atoms with van der Waals surface area (Å²) in [6.07, 6.45) is 1.63. The molecule has 2 aromatic rings. The summed E-state index contributed by atoms with van der Waals surface area (Å²) in [4.78, 5) is 0. The van der Waals surface area contributed by atoms with Crippen molar-refractivity contribution in [3.63, 3.8) is 0 Å². The van der Waals surface area contributed by atoms with Crippen LogP contribution in [0.5, 0.6) is 11.5 Å². The highest BCUT2D eigenvalue weighted by Crippen LogP contribution is 2.37. The first kappa shape index (κ1) is 21.0. The van der Waals surface area contributed by atoms with Crippen LogP contribution in [-0.4, -0.2) is 24.5 Å². The Balaban J connectivity index is 2.15. The van der Waals surface area contributed by atoms with Crippen molar-refractivity contribution in [1.29, 1.82) is 0 Å². The molecule has 2 N–H and O–H groups in total. The summed E-state index contributed by atoms with van der Waals surface area (Å²) in [6, 6.07) is 11.8. The standard InChI is InChI=1S/C20H24ClN3O2S/c1-4-22-20(27)24-23-12-16-10-17(21)19(18(11-16)25-5-2)26-13-15-8-6-7-14(3)9-15/h6-12H,4-5,13H2,1-3H3,(H2,22,24,27). The summed E-state index contributed by atoms with van der Waals surface area (Å²) >= 11 is 11.5. The van der Waals surface area contributed by atoms with Gasteiger partial charge in [0.25, 0.3) is 0 Å². The van der Waals surface area contributed by atoms with Crippen molar-refractivity contribution in [2.75, 3.05) is 13.2 Å². The molecular formula is C20H24ClN3O2S. The van der Waals surface area contributed by atoms with Crippen LogP contribution in [0.15, 0.2) is 41.5 Å². The SMILES string of the molecule is CCNC(=S)NN=Cc1cc(Cl)c(OCc2cccc(C)c2)c(OCC)c1. The number of halogens is 1. The summed E-state index contributed by atoms with van der Waals surface area (Å²) in [5.74, 6) is 1.10. The van der Waals surface area contributed by atoms with Crippen LogP contribution in [0, 0.1) is 6.92 Å². The molecule has 0 aromatic heterocycles. The summed E-state index contributed by atoms with van der Waals surface area (Å²) < 4.78 is 11.7. The first-order valence-corrected chi connectivity index (χ1v) is 9.53. The minimum atomic E-state index is 0.410. The highest BCUT2D eigenvalue weighted by Gasteiger charge is 2.12. The molecule has 2 rings (SSSR count). The zero-order chi connectivity index (χ0) is 19.6. The van der Waals surface area contributed by atoms with Crippen LogP contribution >= 0.6 is 23.8 Å². The normalized spacial score (nSPS) is 10.7. The topological polar surface area (TPSA) is 54.9 Å². The van der Waals surface area contributed by atoms with Crippen molar-refractivity contribution < 1.29 is 9.47 Å². The first-order valence-electron chi connectivity index (χ1n) is 8.75. The predicted molar refractivity (Wildman–Crippen MR) is 115 cm³/mol. The van der Waals surface area contributed by atoms with Crippen LogP contribution in [-0.2, 0) is 6.61 Å². The van der Waals surface area contributed by atoms with E-state index in [1.165, 1.54) is 5.56 Å². The van der Waals surface area contributed by atoms with E-state index in [1.807, 2.05) is 45.0 Å². The van der Waals surface area contributed by atoms with E-state index in [2.05, 4.69) is 21.9 Å². The second kappa shape index (κ2) is 10.7. The third-order valence-electron chi connectivity index (χ3n) is 3.51. The lowest BCUT2D eigenvalue weighted by Crippen LogP contribution is -2.31. The number of hydrogen-bond acceptors (Lipinski definition) is 4. The summed E-state index contributed by atoms with van der Waals surface area (Å²) in [5.41, 5.74) is 5.77. The molecule has 5 nitrogen and oxygen atoms in total. The third-order valence-corrected chi connectivity index (χ3v) is 4.03. The Morgan fingerprint density at radius 3 is 2.74 bits per heavy atom. The number of nitrogens with zero attached hydrogens (tertiary/aromatic N) is 1. The van der Waals surface area contributed by atoms with Crippen LogP contribution in [0.3, 0.4) is 0 Å². The van der Waals surface area contributed by atoms with Gasteiger partial charge in [0.1, 0.15) is 6.61 Å². The van der Waals surface area contributed by atoms with Gasteiger partial charge in [0, 0.05) is 6.54 Å². The maximum atomic E-state index is 6.43. The van der Waals surface area contributed by atoms with Crippen molar-refractivity contribution in [3.05, 3.63) is 58.1 Å². The Hall–Kier alpha value is -2.31. The molecule has 0 saturated carbocycles. The Labute approximate surface area is 170 Å². The van der Waals surface area contributed by atoms with E-state index in [9.17, 15) is 0 Å². The fourth-order valence-electron chi connectivity index (χ4n) is 2.39. The minimum Gasteiger partial charge on any atom is -0.490 e. The lowest BCUT2D eigenvalue weighted by molar-refractivity contribution is 0.269. The molecule has 0 unspecified atom stereocenters. The first-order chi connectivity index (χ1) is 13.0. The molecule has 0 fully saturated rings. The van der Waals surface area contributed by atoms with Crippen LogP contribution in [0.2, 0.25) is 5.02 Å². The largest absolute Gasteiger partial charge is 0.490 e. The lowest BCUT2D eigenvalue weighted by Gasteiger charge is -2.14. The van der Waals surface area contributed by atoms with Gasteiger partial charge in [-0.25, -0.2) is 0 Å². The van der Waals surface area contributed by atoms with Crippen LogP contribution in [0.1, 0.15) is 30.5 Å². The van der Waals surface area contributed by atoms with E-state index in [0.717, 1.165) is 17.7 Å². The quantitative estimate of drug-likeness (QED) is 0.386. The second-order valence-corrected chi connectivity index (χ2v) is 6.59. The van der Waals surface area contributed by atoms with Gasteiger partial charge < -0.3 is 14.8 Å². The molecule has 0 spiro atoms. The highest BCUT2D eigenvalue weighted by atomic mass is 35.5. The van der Waals surface area contributed by atoms with E-state index in [1.54, 1.807) is 12.3 Å². The van der Waals surface area contributed by atoms with Crippen molar-refractivity contribution in [1.82, 2.24) is 10.7 Å². The molecule has 7 heteroatoms. The van der Waals surface area contributed by atoms with Gasteiger partial charge in [0.2, 0.25) is 0 Å². The van der Waals surface area contributed by atoms with Crippen molar-refractivity contribution in [3.8, 4) is 11.5 Å². The van der Waals surface area contributed by atoms with Gasteiger partial charge in [-0.1, -0.05) is 41.4 Å². The van der Waals surface area contributed by atoms with Crippen molar-refractivity contribution in [2.45, 2.75) is 27.4 Å². The van der Waals surface area contributed by atoms with E-state index >= 15 is 0 Å². The number of ether oxygens (including phenoxy) is 2. The lowest BCUT2D eigenvalue weighted by atomic mass is 10.1. The Morgan fingerprint density at radius 1 is 1.22 bits per heavy atom. The minimum absolute atomic E-state index is 0.410. The fourth-order valence-corrected chi connectivity index (χ4v) is 2.86. The molecule has 0 bridgehead atoms. The van der Waals surface area contributed by atoms with Gasteiger partial charge in [-0.05, 0) is 56.2 Å². The Bertz CT molecular complexity index is 812. The molecule has 0 atom stereocenters. The fraction of sp³-hybridized carbons (Fsp3) is 0.300. The number of hydrazone groups is 1. The molecular weight excluding hydrogens is 382 g/mol. The number of benzene rings is 2. The van der Waals surface area contributed by atoms with Gasteiger partial charge in [-0.15, -0.1) is 0 Å². The van der Waals surface area contributed by atoms with Gasteiger partial charge in [0.15, 0.2) is 16.6 Å². The Morgan fingerprint density at radius 2 is 2.04 bits per heavy atom. The number of nitrogens with one attached hydrogen (secondary N) is 2. The number of thiocarbonyl (C=S) groups is 1. The smallest absolute Gasteiger partial charge is 0.186 e. The highest BCUT2D eigenvalue weighted by molar-refractivity contribution is 7.80. The zero-order valence-corrected chi connectivity index (χ0v) is 17.3. The van der Waals surface area contributed by atoms with E-state index in [0.29, 0.717) is 34.8 Å². The van der Waals surface area contributed by atoms with Crippen LogP contribution < -0.4 is 20.2 Å². The van der Waals surface area contributed by atoms with Crippen LogP contribution in [0.25, 0.3) is 0 Å². The van der Waals surface area contributed by atoms with Crippen molar-refractivity contribution in [2.24, 2.45) is 5.10 Å². The van der Waals surface area contributed by atoms with Gasteiger partial charge >= 0.3 is 0 Å². The molecule has 144 valence electrons. The molecule has 0 saturated heterocycles. The second-order valence-electron chi connectivity index (χ2n) is 5.77. The zero-order valence-electron chi connectivity index (χ0n) is 15.7. The van der Waals surface area contributed by atoms with Gasteiger partial charge in [-0.3, -0.25) is 5.43 Å². The van der Waals surface area contributed by atoms with E-state index in [4.69, 9.17) is 33.3 Å². The molecule has 0 aliphatic heterocycles. The average Bonchev–Trinajstić information content (AvgIpc) is 2.61. The maximum Gasteiger partial charge on any atom is 0.186 e. The van der Waals surface area contributed by atoms with E-state index < -0.39 is 0 Å². The number of aryl methyl sites for hydroxylation is 1. The molecule has 0 aliphatic rings. The Kier molecular flexibility index (Phi) is 8.36. The van der Waals surface area contributed by atoms with Gasteiger partial charge in [-0.2, -0.15) is 5.10 Å². The number of hydrogen-bond donors (Lipinski definition) is 2. The summed E-state index contributed by atoms with van der Waals surface area (Å²) in [5, 5.41) is 7.98. The molecule has 0 amide bonds. The molecule has 0 radical (unpaired) electrons. The third kappa shape index (κ3) is 6.73. The molecule has 0 heterocycles.